The Morgan fingerprint density at radius 1 is 1.20 bits per heavy atom. The lowest BCUT2D eigenvalue weighted by molar-refractivity contribution is -0.384. The summed E-state index contributed by atoms with van der Waals surface area (Å²) in [4.78, 5) is 50.9. The molecule has 2 aromatic carbocycles. The van der Waals surface area contributed by atoms with Crippen LogP contribution in [-0.2, 0) is 20.9 Å². The van der Waals surface area contributed by atoms with Crippen molar-refractivity contribution in [3.05, 3.63) is 72.2 Å². The first kappa shape index (κ1) is 25.1. The lowest BCUT2D eigenvalue weighted by Gasteiger charge is -2.28. The fourth-order valence-electron chi connectivity index (χ4n) is 3.48. The molecule has 182 valence electrons. The summed E-state index contributed by atoms with van der Waals surface area (Å²) in [6.07, 6.45) is 1.61. The molecule has 10 nitrogen and oxygen atoms in total. The van der Waals surface area contributed by atoms with Crippen molar-refractivity contribution in [3.63, 3.8) is 0 Å². The van der Waals surface area contributed by atoms with Crippen LogP contribution in [0.3, 0.4) is 0 Å². The van der Waals surface area contributed by atoms with Gasteiger partial charge in [0.05, 0.1) is 26.6 Å². The Balaban J connectivity index is 1.40. The van der Waals surface area contributed by atoms with Gasteiger partial charge in [-0.25, -0.2) is 0 Å². The number of carbonyl (C=O) groups is 3. The molecule has 0 unspecified atom stereocenters. The quantitative estimate of drug-likeness (QED) is 0.202. The zero-order chi connectivity index (χ0) is 24.9. The molecule has 3 amide bonds. The Hall–Kier alpha value is -2.97. The molecule has 2 aliphatic heterocycles. The normalized spacial score (nSPS) is 17.2. The van der Waals surface area contributed by atoms with Gasteiger partial charge in [0.1, 0.15) is 18.9 Å². The topological polar surface area (TPSA) is 119 Å². The third-order valence-corrected chi connectivity index (χ3v) is 7.05. The van der Waals surface area contributed by atoms with Gasteiger partial charge in [-0.15, -0.1) is 0 Å². The van der Waals surface area contributed by atoms with E-state index in [1.807, 2.05) is 0 Å². The smallest absolute Gasteiger partial charge is 0.294 e. The molecule has 0 radical (unpaired) electrons. The minimum Gasteiger partial charge on any atom is -0.488 e. The number of amides is 3. The van der Waals surface area contributed by atoms with Crippen molar-refractivity contribution in [1.29, 1.82) is 0 Å². The number of imide groups is 1. The SMILES string of the molecule is O=C(CN1C(=O)S/C(=C/c2ccc(OCc3cccc([N+](=O)[O-])c3)c(I)c2)C1=O)N1CCOCC1. The van der Waals surface area contributed by atoms with E-state index in [0.717, 1.165) is 20.2 Å². The highest BCUT2D eigenvalue weighted by atomic mass is 127. The van der Waals surface area contributed by atoms with Crippen LogP contribution in [0.15, 0.2) is 47.4 Å². The number of hydrogen-bond donors (Lipinski definition) is 0. The first-order valence-electron chi connectivity index (χ1n) is 10.6. The molecule has 2 aliphatic rings. The summed E-state index contributed by atoms with van der Waals surface area (Å²) in [6.45, 7) is 1.64. The molecule has 35 heavy (non-hydrogen) atoms. The number of thioether (sulfide) groups is 1. The summed E-state index contributed by atoms with van der Waals surface area (Å²) in [5.41, 5.74) is 1.36. The average Bonchev–Trinajstić information content (AvgIpc) is 3.11. The predicted octanol–water partition coefficient (Wildman–Crippen LogP) is 3.67. The Labute approximate surface area is 218 Å². The maximum Gasteiger partial charge on any atom is 0.294 e. The molecular formula is C23H20IN3O7S. The standard InChI is InChI=1S/C23H20IN3O7S/c24-18-11-15(4-5-19(18)34-14-16-2-1-3-17(10-16)27(31)32)12-20-22(29)26(23(30)35-20)13-21(28)25-6-8-33-9-7-25/h1-5,10-12H,6-9,13-14H2/b20-12+. The number of morpholine rings is 1. The Kier molecular flexibility index (Phi) is 8.03. The fourth-order valence-corrected chi connectivity index (χ4v) is 5.01. The van der Waals surface area contributed by atoms with Crippen molar-refractivity contribution in [2.75, 3.05) is 32.8 Å². The van der Waals surface area contributed by atoms with Crippen LogP contribution in [0.2, 0.25) is 0 Å². The van der Waals surface area contributed by atoms with Crippen LogP contribution >= 0.6 is 34.4 Å². The van der Waals surface area contributed by atoms with Gasteiger partial charge < -0.3 is 14.4 Å². The number of ether oxygens (including phenoxy) is 2. The number of hydrogen-bond acceptors (Lipinski definition) is 8. The molecule has 4 rings (SSSR count). The molecule has 0 aromatic heterocycles. The molecule has 12 heteroatoms. The molecule has 0 aliphatic carbocycles. The van der Waals surface area contributed by atoms with Gasteiger partial charge in [0.15, 0.2) is 0 Å². The number of nitrogens with zero attached hydrogens (tertiary/aromatic N) is 3. The first-order chi connectivity index (χ1) is 16.8. The van der Waals surface area contributed by atoms with Gasteiger partial charge in [-0.2, -0.15) is 0 Å². The van der Waals surface area contributed by atoms with Crippen molar-refractivity contribution >= 4 is 63.2 Å². The van der Waals surface area contributed by atoms with Gasteiger partial charge in [-0.05, 0) is 63.7 Å². The predicted molar refractivity (Wildman–Crippen MR) is 137 cm³/mol. The van der Waals surface area contributed by atoms with E-state index in [4.69, 9.17) is 9.47 Å². The molecule has 0 bridgehead atoms. The number of nitro benzene ring substituents is 1. The highest BCUT2D eigenvalue weighted by molar-refractivity contribution is 14.1. The van der Waals surface area contributed by atoms with E-state index >= 15 is 0 Å². The molecule has 2 aromatic rings. The summed E-state index contributed by atoms with van der Waals surface area (Å²) >= 11 is 2.90. The van der Waals surface area contributed by atoms with Gasteiger partial charge in [-0.3, -0.25) is 29.4 Å². The average molecular weight is 609 g/mol. The van der Waals surface area contributed by atoms with E-state index in [-0.39, 0.29) is 29.7 Å². The van der Waals surface area contributed by atoms with Gasteiger partial charge in [0.2, 0.25) is 5.91 Å². The Morgan fingerprint density at radius 3 is 2.69 bits per heavy atom. The van der Waals surface area contributed by atoms with Gasteiger partial charge in [-0.1, -0.05) is 18.2 Å². The van der Waals surface area contributed by atoms with Crippen LogP contribution in [0.5, 0.6) is 5.75 Å². The van der Waals surface area contributed by atoms with Crippen LogP contribution < -0.4 is 4.74 Å². The number of benzene rings is 2. The summed E-state index contributed by atoms with van der Waals surface area (Å²) in [5.74, 6) is -0.197. The maximum absolute atomic E-state index is 12.8. The van der Waals surface area contributed by atoms with Gasteiger partial charge in [0, 0.05) is 25.2 Å². The van der Waals surface area contributed by atoms with Gasteiger partial charge in [0.25, 0.3) is 16.8 Å². The third-order valence-electron chi connectivity index (χ3n) is 5.30. The molecule has 2 fully saturated rings. The number of rotatable bonds is 7. The molecule has 2 saturated heterocycles. The minimum atomic E-state index is -0.498. The maximum atomic E-state index is 12.8. The highest BCUT2D eigenvalue weighted by Gasteiger charge is 2.37. The second-order valence-electron chi connectivity index (χ2n) is 7.67. The largest absolute Gasteiger partial charge is 0.488 e. The molecule has 0 atom stereocenters. The van der Waals surface area contributed by atoms with Crippen LogP contribution in [-0.4, -0.2) is 64.6 Å². The molecule has 2 heterocycles. The second-order valence-corrected chi connectivity index (χ2v) is 9.82. The van der Waals surface area contributed by atoms with Crippen LogP contribution in [0, 0.1) is 13.7 Å². The van der Waals surface area contributed by atoms with Crippen molar-refractivity contribution in [2.45, 2.75) is 6.61 Å². The zero-order valence-corrected chi connectivity index (χ0v) is 21.3. The van der Waals surface area contributed by atoms with Crippen molar-refractivity contribution in [3.8, 4) is 5.75 Å². The first-order valence-corrected chi connectivity index (χ1v) is 12.5. The van der Waals surface area contributed by atoms with E-state index in [1.54, 1.807) is 41.3 Å². The summed E-state index contributed by atoms with van der Waals surface area (Å²) in [7, 11) is 0. The molecular weight excluding hydrogens is 589 g/mol. The highest BCUT2D eigenvalue weighted by Crippen LogP contribution is 2.33. The number of non-ortho nitro benzene ring substituents is 1. The van der Waals surface area contributed by atoms with E-state index < -0.39 is 16.1 Å². The molecule has 0 N–H and O–H groups in total. The number of nitro groups is 1. The van der Waals surface area contributed by atoms with Crippen molar-refractivity contribution in [2.24, 2.45) is 0 Å². The summed E-state index contributed by atoms with van der Waals surface area (Å²) < 4.78 is 11.8. The lowest BCUT2D eigenvalue weighted by atomic mass is 10.2. The fraction of sp³-hybridized carbons (Fsp3) is 0.261. The Bertz CT molecular complexity index is 1210. The van der Waals surface area contributed by atoms with E-state index in [1.165, 1.54) is 12.1 Å². The monoisotopic (exact) mass is 609 g/mol. The lowest BCUT2D eigenvalue weighted by Crippen LogP contribution is -2.46. The zero-order valence-electron chi connectivity index (χ0n) is 18.3. The van der Waals surface area contributed by atoms with Crippen LogP contribution in [0.25, 0.3) is 6.08 Å². The van der Waals surface area contributed by atoms with Crippen LogP contribution in [0.1, 0.15) is 11.1 Å². The molecule has 0 saturated carbocycles. The van der Waals surface area contributed by atoms with Crippen LogP contribution in [0.4, 0.5) is 10.5 Å². The number of halogens is 1. The van der Waals surface area contributed by atoms with E-state index in [0.29, 0.717) is 43.2 Å². The second kappa shape index (κ2) is 11.2. The van der Waals surface area contributed by atoms with E-state index in [9.17, 15) is 24.5 Å². The Morgan fingerprint density at radius 2 is 1.97 bits per heavy atom. The van der Waals surface area contributed by atoms with E-state index in [2.05, 4.69) is 22.6 Å². The minimum absolute atomic E-state index is 0.00302. The summed E-state index contributed by atoms with van der Waals surface area (Å²) in [6, 6.07) is 11.5. The third kappa shape index (κ3) is 6.18. The number of carbonyl (C=O) groups excluding carboxylic acids is 3. The van der Waals surface area contributed by atoms with Crippen molar-refractivity contribution < 1.29 is 28.8 Å². The summed E-state index contributed by atoms with van der Waals surface area (Å²) in [5, 5.41) is 10.5. The van der Waals surface area contributed by atoms with Gasteiger partial charge >= 0.3 is 0 Å². The molecule has 0 spiro atoms. The van der Waals surface area contributed by atoms with Crippen molar-refractivity contribution in [1.82, 2.24) is 9.80 Å².